The summed E-state index contributed by atoms with van der Waals surface area (Å²) in [7, 11) is 0. The molecule has 16 heavy (non-hydrogen) atoms. The Labute approximate surface area is 103 Å². The highest BCUT2D eigenvalue weighted by Gasteiger charge is 2.19. The van der Waals surface area contributed by atoms with Crippen LogP contribution in [0.2, 0.25) is 0 Å². The van der Waals surface area contributed by atoms with E-state index in [1.165, 1.54) is 18.4 Å². The molecular weight excluding hydrogens is 266 g/mol. The van der Waals surface area contributed by atoms with Gasteiger partial charge in [-0.25, -0.2) is 4.98 Å². The fraction of sp³-hybridized carbons (Fsp3) is 0.417. The fourth-order valence-electron chi connectivity index (χ4n) is 2.43. The molecule has 0 radical (unpaired) electrons. The van der Waals surface area contributed by atoms with Crippen LogP contribution >= 0.6 is 15.9 Å². The Balaban J connectivity index is 2.10. The zero-order chi connectivity index (χ0) is 11.0. The van der Waals surface area contributed by atoms with Gasteiger partial charge in [0.15, 0.2) is 4.73 Å². The van der Waals surface area contributed by atoms with E-state index in [-0.39, 0.29) is 0 Å². The van der Waals surface area contributed by atoms with Crippen molar-refractivity contribution in [1.82, 2.24) is 14.9 Å². The molecule has 4 heteroatoms. The molecule has 0 spiro atoms. The third-order valence-electron chi connectivity index (χ3n) is 3.23. The van der Waals surface area contributed by atoms with Crippen LogP contribution in [-0.4, -0.2) is 22.6 Å². The molecular formula is C12H14BrN3. The summed E-state index contributed by atoms with van der Waals surface area (Å²) in [6.07, 6.45) is 2.36. The summed E-state index contributed by atoms with van der Waals surface area (Å²) < 4.78 is 3.29. The van der Waals surface area contributed by atoms with Gasteiger partial charge in [-0.1, -0.05) is 12.1 Å². The van der Waals surface area contributed by atoms with Gasteiger partial charge in [0.1, 0.15) is 0 Å². The third-order valence-corrected chi connectivity index (χ3v) is 3.79. The first kappa shape index (κ1) is 10.3. The Kier molecular flexibility index (Phi) is 2.69. The number of fused-ring (bicyclic) bond motifs is 1. The number of hydrogen-bond acceptors (Lipinski definition) is 2. The number of para-hydroxylation sites is 2. The quantitative estimate of drug-likeness (QED) is 0.870. The molecule has 0 bridgehead atoms. The lowest BCUT2D eigenvalue weighted by Crippen LogP contribution is -2.29. The number of aromatic nitrogens is 2. The Morgan fingerprint density at radius 1 is 1.25 bits per heavy atom. The largest absolute Gasteiger partial charge is 0.317 e. The van der Waals surface area contributed by atoms with Crippen molar-refractivity contribution >= 4 is 27.0 Å². The predicted molar refractivity (Wildman–Crippen MR) is 68.6 cm³/mol. The third kappa shape index (κ3) is 1.66. The normalized spacial score (nSPS) is 18.1. The van der Waals surface area contributed by atoms with E-state index in [2.05, 4.69) is 49.0 Å². The summed E-state index contributed by atoms with van der Waals surface area (Å²) >= 11 is 3.58. The van der Waals surface area contributed by atoms with Crippen LogP contribution in [0, 0.1) is 0 Å². The van der Waals surface area contributed by atoms with E-state index in [1.54, 1.807) is 0 Å². The SMILES string of the molecule is Brc1nc2ccccc2n1C1CCNCC1. The molecule has 1 aliphatic heterocycles. The van der Waals surface area contributed by atoms with Gasteiger partial charge in [0.2, 0.25) is 0 Å². The average molecular weight is 280 g/mol. The standard InChI is InChI=1S/C12H14BrN3/c13-12-15-10-3-1-2-4-11(10)16(12)9-5-7-14-8-6-9/h1-4,9,14H,5-8H2. The molecule has 0 aliphatic carbocycles. The molecule has 1 N–H and O–H groups in total. The molecule has 0 atom stereocenters. The van der Waals surface area contributed by atoms with Crippen molar-refractivity contribution in [2.24, 2.45) is 0 Å². The molecule has 0 saturated carbocycles. The Morgan fingerprint density at radius 2 is 2.00 bits per heavy atom. The number of hydrogen-bond donors (Lipinski definition) is 1. The molecule has 1 saturated heterocycles. The van der Waals surface area contributed by atoms with Crippen LogP contribution in [0.15, 0.2) is 29.0 Å². The van der Waals surface area contributed by atoms with Gasteiger partial charge < -0.3 is 9.88 Å². The van der Waals surface area contributed by atoms with Crippen LogP contribution in [0.4, 0.5) is 0 Å². The van der Waals surface area contributed by atoms with Gasteiger partial charge in [-0.15, -0.1) is 0 Å². The number of rotatable bonds is 1. The lowest BCUT2D eigenvalue weighted by Gasteiger charge is -2.25. The van der Waals surface area contributed by atoms with Gasteiger partial charge in [-0.05, 0) is 54.0 Å². The molecule has 0 unspecified atom stereocenters. The van der Waals surface area contributed by atoms with E-state index in [1.807, 2.05) is 6.07 Å². The van der Waals surface area contributed by atoms with Crippen molar-refractivity contribution in [3.63, 3.8) is 0 Å². The van der Waals surface area contributed by atoms with Crippen LogP contribution < -0.4 is 5.32 Å². The minimum Gasteiger partial charge on any atom is -0.317 e. The zero-order valence-electron chi connectivity index (χ0n) is 8.99. The molecule has 2 aromatic rings. The van der Waals surface area contributed by atoms with Crippen LogP contribution in [0.5, 0.6) is 0 Å². The van der Waals surface area contributed by atoms with E-state index < -0.39 is 0 Å². The molecule has 1 aromatic carbocycles. The van der Waals surface area contributed by atoms with E-state index in [0.717, 1.165) is 23.3 Å². The number of piperidine rings is 1. The Morgan fingerprint density at radius 3 is 2.81 bits per heavy atom. The van der Waals surface area contributed by atoms with Gasteiger partial charge in [-0.2, -0.15) is 0 Å². The van der Waals surface area contributed by atoms with Crippen molar-refractivity contribution in [3.8, 4) is 0 Å². The van der Waals surface area contributed by atoms with E-state index >= 15 is 0 Å². The van der Waals surface area contributed by atoms with Crippen molar-refractivity contribution in [2.75, 3.05) is 13.1 Å². The molecule has 1 aromatic heterocycles. The van der Waals surface area contributed by atoms with E-state index in [9.17, 15) is 0 Å². The number of imidazole rings is 1. The number of nitrogens with zero attached hydrogens (tertiary/aromatic N) is 2. The number of nitrogens with one attached hydrogen (secondary N) is 1. The van der Waals surface area contributed by atoms with E-state index in [4.69, 9.17) is 0 Å². The second-order valence-corrected chi connectivity index (χ2v) is 4.93. The van der Waals surface area contributed by atoms with Crippen LogP contribution in [0.25, 0.3) is 11.0 Å². The van der Waals surface area contributed by atoms with E-state index in [0.29, 0.717) is 6.04 Å². The molecule has 2 heterocycles. The van der Waals surface area contributed by atoms with Gasteiger partial charge in [-0.3, -0.25) is 0 Å². The Hall–Kier alpha value is -0.870. The first-order valence-corrected chi connectivity index (χ1v) is 6.49. The second kappa shape index (κ2) is 4.18. The summed E-state index contributed by atoms with van der Waals surface area (Å²) in [4.78, 5) is 4.55. The van der Waals surface area contributed by atoms with Crippen LogP contribution in [0.1, 0.15) is 18.9 Å². The summed E-state index contributed by atoms with van der Waals surface area (Å²) in [5, 5.41) is 3.40. The topological polar surface area (TPSA) is 29.9 Å². The Bertz CT molecular complexity index is 500. The lowest BCUT2D eigenvalue weighted by molar-refractivity contribution is 0.370. The minimum absolute atomic E-state index is 0.572. The summed E-state index contributed by atoms with van der Waals surface area (Å²) in [5.74, 6) is 0. The molecule has 3 nitrogen and oxygen atoms in total. The predicted octanol–water partition coefficient (Wildman–Crippen LogP) is 2.72. The van der Waals surface area contributed by atoms with Crippen molar-refractivity contribution in [1.29, 1.82) is 0 Å². The first-order valence-electron chi connectivity index (χ1n) is 5.69. The van der Waals surface area contributed by atoms with Gasteiger partial charge in [0.25, 0.3) is 0 Å². The monoisotopic (exact) mass is 279 g/mol. The molecule has 3 rings (SSSR count). The maximum atomic E-state index is 4.55. The molecule has 1 aliphatic rings. The first-order chi connectivity index (χ1) is 7.86. The lowest BCUT2D eigenvalue weighted by atomic mass is 10.1. The fourth-order valence-corrected chi connectivity index (χ4v) is 3.10. The summed E-state index contributed by atoms with van der Waals surface area (Å²) in [6.45, 7) is 2.20. The van der Waals surface area contributed by atoms with Crippen molar-refractivity contribution in [3.05, 3.63) is 29.0 Å². The summed E-state index contributed by atoms with van der Waals surface area (Å²) in [6, 6.07) is 8.90. The van der Waals surface area contributed by atoms with Gasteiger partial charge in [0.05, 0.1) is 11.0 Å². The van der Waals surface area contributed by atoms with Crippen LogP contribution in [-0.2, 0) is 0 Å². The summed E-state index contributed by atoms with van der Waals surface area (Å²) in [5.41, 5.74) is 2.31. The van der Waals surface area contributed by atoms with Crippen molar-refractivity contribution < 1.29 is 0 Å². The highest BCUT2D eigenvalue weighted by Crippen LogP contribution is 2.29. The second-order valence-electron chi connectivity index (χ2n) is 4.22. The highest BCUT2D eigenvalue weighted by atomic mass is 79.9. The maximum Gasteiger partial charge on any atom is 0.178 e. The number of benzene rings is 1. The van der Waals surface area contributed by atoms with Gasteiger partial charge >= 0.3 is 0 Å². The molecule has 84 valence electrons. The molecule has 1 fully saturated rings. The smallest absolute Gasteiger partial charge is 0.178 e. The number of halogens is 1. The van der Waals surface area contributed by atoms with Crippen LogP contribution in [0.3, 0.4) is 0 Å². The average Bonchev–Trinajstić information content (AvgIpc) is 2.66. The minimum atomic E-state index is 0.572. The van der Waals surface area contributed by atoms with Gasteiger partial charge in [0, 0.05) is 6.04 Å². The zero-order valence-corrected chi connectivity index (χ0v) is 10.6. The maximum absolute atomic E-state index is 4.55. The van der Waals surface area contributed by atoms with Crippen molar-refractivity contribution in [2.45, 2.75) is 18.9 Å². The molecule has 0 amide bonds. The highest BCUT2D eigenvalue weighted by molar-refractivity contribution is 9.10.